The van der Waals surface area contributed by atoms with Crippen molar-refractivity contribution in [2.24, 2.45) is 0 Å². The van der Waals surface area contributed by atoms with Gasteiger partial charge in [-0.05, 0) is 37.1 Å². The Bertz CT molecular complexity index is 872. The molecule has 138 valence electrons. The van der Waals surface area contributed by atoms with Gasteiger partial charge in [-0.15, -0.1) is 0 Å². The van der Waals surface area contributed by atoms with Gasteiger partial charge < -0.3 is 14.2 Å². The summed E-state index contributed by atoms with van der Waals surface area (Å²) in [6.07, 6.45) is 4.69. The number of hydrogen-bond acceptors (Lipinski definition) is 6. The molecule has 3 heterocycles. The highest BCUT2D eigenvalue weighted by molar-refractivity contribution is 7.89. The van der Waals surface area contributed by atoms with Crippen molar-refractivity contribution in [3.63, 3.8) is 0 Å². The number of ether oxygens (including phenoxy) is 3. The molecule has 0 N–H and O–H groups in total. The molecule has 1 aromatic carbocycles. The predicted octanol–water partition coefficient (Wildman–Crippen LogP) is 2.08. The third-order valence-electron chi connectivity index (χ3n) is 4.44. The summed E-state index contributed by atoms with van der Waals surface area (Å²) in [7, 11) is -3.62. The maximum atomic E-state index is 13.0. The Hall–Kier alpha value is -2.32. The van der Waals surface area contributed by atoms with E-state index in [1.807, 2.05) is 0 Å². The highest BCUT2D eigenvalue weighted by Crippen LogP contribution is 2.33. The fourth-order valence-electron chi connectivity index (χ4n) is 3.16. The highest BCUT2D eigenvalue weighted by Gasteiger charge is 2.32. The highest BCUT2D eigenvalue weighted by atomic mass is 32.2. The van der Waals surface area contributed by atoms with Crippen LogP contribution in [0.2, 0.25) is 0 Å². The molecule has 1 aromatic heterocycles. The molecular formula is C18H20N2O5S. The largest absolute Gasteiger partial charge is 0.489 e. The first kappa shape index (κ1) is 17.1. The minimum Gasteiger partial charge on any atom is -0.489 e. The van der Waals surface area contributed by atoms with Gasteiger partial charge in [0.1, 0.15) is 25.1 Å². The summed E-state index contributed by atoms with van der Waals surface area (Å²) in [6, 6.07) is 8.30. The average molecular weight is 376 g/mol. The second-order valence-electron chi connectivity index (χ2n) is 6.23. The molecular weight excluding hydrogens is 356 g/mol. The average Bonchev–Trinajstić information content (AvgIpc) is 2.68. The van der Waals surface area contributed by atoms with Crippen LogP contribution in [0.4, 0.5) is 0 Å². The molecule has 1 atom stereocenters. The topological polar surface area (TPSA) is 78.0 Å². The number of hydrogen-bond donors (Lipinski definition) is 0. The van der Waals surface area contributed by atoms with Gasteiger partial charge in [-0.2, -0.15) is 4.31 Å². The Morgan fingerprint density at radius 2 is 1.85 bits per heavy atom. The third-order valence-corrected chi connectivity index (χ3v) is 6.31. The maximum absolute atomic E-state index is 13.0. The van der Waals surface area contributed by atoms with Crippen LogP contribution in [0.5, 0.6) is 17.2 Å². The lowest BCUT2D eigenvalue weighted by atomic mass is 10.1. The minimum absolute atomic E-state index is 0.182. The number of aromatic nitrogens is 1. The summed E-state index contributed by atoms with van der Waals surface area (Å²) >= 11 is 0. The molecule has 26 heavy (non-hydrogen) atoms. The van der Waals surface area contributed by atoms with Crippen LogP contribution >= 0.6 is 0 Å². The van der Waals surface area contributed by atoms with Crippen molar-refractivity contribution in [2.45, 2.75) is 23.8 Å². The Morgan fingerprint density at radius 1 is 1.08 bits per heavy atom. The van der Waals surface area contributed by atoms with Gasteiger partial charge in [-0.3, -0.25) is 4.98 Å². The normalized spacial score (nSPS) is 20.5. The van der Waals surface area contributed by atoms with Gasteiger partial charge in [-0.1, -0.05) is 0 Å². The monoisotopic (exact) mass is 376 g/mol. The molecule has 0 bridgehead atoms. The molecule has 2 aliphatic heterocycles. The molecule has 2 aromatic rings. The molecule has 0 radical (unpaired) electrons. The SMILES string of the molecule is O=S(=O)(c1ccc2c(c1)OCCO2)N1CCCC(Oc2ccncc2)C1. The van der Waals surface area contributed by atoms with Crippen molar-refractivity contribution in [2.75, 3.05) is 26.3 Å². The number of nitrogens with zero attached hydrogens (tertiary/aromatic N) is 2. The maximum Gasteiger partial charge on any atom is 0.243 e. The number of rotatable bonds is 4. The van der Waals surface area contributed by atoms with Crippen molar-refractivity contribution in [1.29, 1.82) is 0 Å². The molecule has 1 unspecified atom stereocenters. The number of fused-ring (bicyclic) bond motifs is 1. The molecule has 4 rings (SSSR count). The van der Waals surface area contributed by atoms with Crippen molar-refractivity contribution in [1.82, 2.24) is 9.29 Å². The molecule has 2 aliphatic rings. The number of piperidine rings is 1. The Labute approximate surface area is 152 Å². The number of benzene rings is 1. The zero-order valence-electron chi connectivity index (χ0n) is 14.2. The predicted molar refractivity (Wildman–Crippen MR) is 94.1 cm³/mol. The summed E-state index contributed by atoms with van der Waals surface area (Å²) in [5, 5.41) is 0. The first-order valence-electron chi connectivity index (χ1n) is 8.59. The third kappa shape index (κ3) is 3.47. The standard InChI is InChI=1S/C18H20N2O5S/c21-26(22,16-3-4-17-18(12-16)24-11-10-23-17)20-9-1-2-15(13-20)25-14-5-7-19-8-6-14/h3-8,12,15H,1-2,9-11,13H2. The lowest BCUT2D eigenvalue weighted by molar-refractivity contribution is 0.129. The van der Waals surface area contributed by atoms with Gasteiger partial charge in [0, 0.05) is 25.0 Å². The molecule has 1 saturated heterocycles. The second-order valence-corrected chi connectivity index (χ2v) is 8.17. The quantitative estimate of drug-likeness (QED) is 0.813. The van der Waals surface area contributed by atoms with Gasteiger partial charge in [0.25, 0.3) is 0 Å². The fraction of sp³-hybridized carbons (Fsp3) is 0.389. The van der Waals surface area contributed by atoms with Crippen LogP contribution in [0, 0.1) is 0 Å². The van der Waals surface area contributed by atoms with E-state index in [9.17, 15) is 8.42 Å². The zero-order chi connectivity index (χ0) is 18.0. The van der Waals surface area contributed by atoms with Crippen molar-refractivity contribution >= 4 is 10.0 Å². The van der Waals surface area contributed by atoms with E-state index in [0.29, 0.717) is 43.6 Å². The van der Waals surface area contributed by atoms with Crippen molar-refractivity contribution < 1.29 is 22.6 Å². The van der Waals surface area contributed by atoms with E-state index >= 15 is 0 Å². The molecule has 1 fully saturated rings. The number of sulfonamides is 1. The Kier molecular flexibility index (Phi) is 4.69. The van der Waals surface area contributed by atoms with Crippen molar-refractivity contribution in [3.05, 3.63) is 42.7 Å². The smallest absolute Gasteiger partial charge is 0.243 e. The minimum atomic E-state index is -3.62. The summed E-state index contributed by atoms with van der Waals surface area (Å²) in [5.74, 6) is 1.75. The van der Waals surface area contributed by atoms with E-state index in [1.54, 1.807) is 36.7 Å². The number of pyridine rings is 1. The van der Waals surface area contributed by atoms with Crippen LogP contribution in [-0.2, 0) is 10.0 Å². The van der Waals surface area contributed by atoms with Gasteiger partial charge in [0.2, 0.25) is 10.0 Å². The zero-order valence-corrected chi connectivity index (χ0v) is 15.0. The van der Waals surface area contributed by atoms with Gasteiger partial charge in [-0.25, -0.2) is 8.42 Å². The van der Waals surface area contributed by atoms with Crippen LogP contribution in [-0.4, -0.2) is 50.1 Å². The van der Waals surface area contributed by atoms with Crippen LogP contribution in [0.3, 0.4) is 0 Å². The molecule has 8 heteroatoms. The van der Waals surface area contributed by atoms with Crippen LogP contribution in [0.25, 0.3) is 0 Å². The lowest BCUT2D eigenvalue weighted by Crippen LogP contribution is -2.44. The van der Waals surface area contributed by atoms with Gasteiger partial charge in [0.15, 0.2) is 11.5 Å². The second kappa shape index (κ2) is 7.13. The first-order chi connectivity index (χ1) is 12.6. The fourth-order valence-corrected chi connectivity index (χ4v) is 4.69. The van der Waals surface area contributed by atoms with E-state index < -0.39 is 10.0 Å². The van der Waals surface area contributed by atoms with E-state index in [4.69, 9.17) is 14.2 Å². The van der Waals surface area contributed by atoms with E-state index in [1.165, 1.54) is 10.4 Å². The molecule has 0 spiro atoms. The molecule has 0 amide bonds. The summed E-state index contributed by atoms with van der Waals surface area (Å²) in [4.78, 5) is 4.17. The van der Waals surface area contributed by atoms with E-state index in [2.05, 4.69) is 4.98 Å². The summed E-state index contributed by atoms with van der Waals surface area (Å²) in [5.41, 5.74) is 0. The lowest BCUT2D eigenvalue weighted by Gasteiger charge is -2.32. The molecule has 7 nitrogen and oxygen atoms in total. The van der Waals surface area contributed by atoms with Gasteiger partial charge >= 0.3 is 0 Å². The van der Waals surface area contributed by atoms with Gasteiger partial charge in [0.05, 0.1) is 11.4 Å². The Balaban J connectivity index is 1.52. The summed E-state index contributed by atoms with van der Waals surface area (Å²) in [6.45, 7) is 1.69. The summed E-state index contributed by atoms with van der Waals surface area (Å²) < 4.78 is 44.4. The first-order valence-corrected chi connectivity index (χ1v) is 10.0. The molecule has 0 saturated carbocycles. The van der Waals surface area contributed by atoms with E-state index in [-0.39, 0.29) is 11.0 Å². The molecule has 0 aliphatic carbocycles. The Morgan fingerprint density at radius 3 is 2.65 bits per heavy atom. The van der Waals surface area contributed by atoms with Crippen LogP contribution in [0.1, 0.15) is 12.8 Å². The van der Waals surface area contributed by atoms with Crippen molar-refractivity contribution in [3.8, 4) is 17.2 Å². The van der Waals surface area contributed by atoms with E-state index in [0.717, 1.165) is 12.8 Å². The van der Waals surface area contributed by atoms with Crippen LogP contribution in [0.15, 0.2) is 47.6 Å². The van der Waals surface area contributed by atoms with Crippen LogP contribution < -0.4 is 14.2 Å².